The largest absolute Gasteiger partial charge is 0.362 e. The molecular weight excluding hydrogens is 260 g/mol. The molecule has 104 valence electrons. The van der Waals surface area contributed by atoms with E-state index >= 15 is 0 Å². The highest BCUT2D eigenvalue weighted by Crippen LogP contribution is 2.12. The molecule has 0 fully saturated rings. The molecule has 2 aromatic rings. The summed E-state index contributed by atoms with van der Waals surface area (Å²) in [7, 11) is 0. The van der Waals surface area contributed by atoms with Crippen molar-refractivity contribution >= 4 is 11.5 Å². The summed E-state index contributed by atoms with van der Waals surface area (Å²) >= 11 is 0. The molecule has 2 rings (SSSR count). The lowest BCUT2D eigenvalue weighted by molar-refractivity contribution is 0.104. The van der Waals surface area contributed by atoms with Crippen LogP contribution in [0.5, 0.6) is 0 Å². The number of anilines is 1. The van der Waals surface area contributed by atoms with E-state index in [1.165, 1.54) is 6.08 Å². The highest BCUT2D eigenvalue weighted by atomic mass is 16.1. The van der Waals surface area contributed by atoms with E-state index in [0.29, 0.717) is 11.1 Å². The third-order valence-electron chi connectivity index (χ3n) is 3.16. The van der Waals surface area contributed by atoms with Crippen LogP contribution in [0.3, 0.4) is 0 Å². The third-order valence-corrected chi connectivity index (χ3v) is 3.16. The van der Waals surface area contributed by atoms with Gasteiger partial charge < -0.3 is 5.32 Å². The van der Waals surface area contributed by atoms with Gasteiger partial charge in [-0.3, -0.25) is 4.79 Å². The number of rotatable bonds is 4. The second kappa shape index (κ2) is 6.53. The minimum absolute atomic E-state index is 0.0302. The molecule has 1 N–H and O–H groups in total. The van der Waals surface area contributed by atoms with Crippen LogP contribution in [0.2, 0.25) is 0 Å². The zero-order valence-electron chi connectivity index (χ0n) is 12.1. The van der Waals surface area contributed by atoms with Gasteiger partial charge in [0.25, 0.3) is 0 Å². The molecule has 0 spiro atoms. The van der Waals surface area contributed by atoms with Crippen LogP contribution in [0.15, 0.2) is 54.7 Å². The Balaban J connectivity index is 2.05. The predicted octanol–water partition coefficient (Wildman–Crippen LogP) is 3.98. The summed E-state index contributed by atoms with van der Waals surface area (Å²) in [6.45, 7) is 3.89. The van der Waals surface area contributed by atoms with E-state index in [0.717, 1.165) is 16.8 Å². The summed E-state index contributed by atoms with van der Waals surface area (Å²) in [5, 5.41) is 11.7. The maximum Gasteiger partial charge on any atom is 0.187 e. The van der Waals surface area contributed by atoms with Crippen LogP contribution in [0, 0.1) is 25.2 Å². The first-order chi connectivity index (χ1) is 10.1. The zero-order valence-corrected chi connectivity index (χ0v) is 12.1. The molecule has 0 aromatic heterocycles. The lowest BCUT2D eigenvalue weighted by Crippen LogP contribution is -1.99. The van der Waals surface area contributed by atoms with Crippen molar-refractivity contribution in [3.8, 4) is 6.07 Å². The number of nitriles is 1. The van der Waals surface area contributed by atoms with Gasteiger partial charge in [0.05, 0.1) is 11.6 Å². The van der Waals surface area contributed by atoms with Crippen LogP contribution in [0.25, 0.3) is 0 Å². The number of aryl methyl sites for hydroxylation is 2. The van der Waals surface area contributed by atoms with Gasteiger partial charge in [-0.25, -0.2) is 0 Å². The molecule has 3 nitrogen and oxygen atoms in total. The Morgan fingerprint density at radius 3 is 2.52 bits per heavy atom. The smallest absolute Gasteiger partial charge is 0.187 e. The first kappa shape index (κ1) is 14.5. The molecule has 0 saturated heterocycles. The normalized spacial score (nSPS) is 10.3. The van der Waals surface area contributed by atoms with Crippen molar-refractivity contribution in [3.05, 3.63) is 77.0 Å². The standard InChI is InChI=1S/C18H16N2O/c1-13-3-4-14(2)17(11-13)18(21)9-10-20-16-7-5-15(12-19)6-8-16/h3-11,20H,1-2H3. The molecule has 2 aromatic carbocycles. The molecule has 0 heterocycles. The van der Waals surface area contributed by atoms with E-state index in [-0.39, 0.29) is 5.78 Å². The van der Waals surface area contributed by atoms with Crippen molar-refractivity contribution in [2.24, 2.45) is 0 Å². The molecule has 0 unspecified atom stereocenters. The third kappa shape index (κ3) is 3.80. The van der Waals surface area contributed by atoms with Crippen LogP contribution in [-0.4, -0.2) is 5.78 Å². The van der Waals surface area contributed by atoms with Gasteiger partial charge in [-0.15, -0.1) is 0 Å². The van der Waals surface area contributed by atoms with Crippen LogP contribution in [0.4, 0.5) is 5.69 Å². The number of benzene rings is 2. The minimum Gasteiger partial charge on any atom is -0.362 e. The molecule has 0 amide bonds. The fraction of sp³-hybridized carbons (Fsp3) is 0.111. The predicted molar refractivity (Wildman–Crippen MR) is 84.2 cm³/mol. The number of ketones is 1. The average Bonchev–Trinajstić information content (AvgIpc) is 2.50. The molecule has 0 aliphatic rings. The van der Waals surface area contributed by atoms with E-state index < -0.39 is 0 Å². The van der Waals surface area contributed by atoms with Crippen molar-refractivity contribution in [2.75, 3.05) is 5.32 Å². The van der Waals surface area contributed by atoms with E-state index in [9.17, 15) is 4.79 Å². The summed E-state index contributed by atoms with van der Waals surface area (Å²) in [5.74, 6) is -0.0302. The number of carbonyl (C=O) groups excluding carboxylic acids is 1. The number of carbonyl (C=O) groups is 1. The molecule has 0 bridgehead atoms. The van der Waals surface area contributed by atoms with Gasteiger partial charge in [-0.2, -0.15) is 5.26 Å². The highest BCUT2D eigenvalue weighted by Gasteiger charge is 2.05. The Kier molecular flexibility index (Phi) is 4.53. The number of hydrogen-bond acceptors (Lipinski definition) is 3. The van der Waals surface area contributed by atoms with E-state index in [1.807, 2.05) is 32.0 Å². The fourth-order valence-electron chi connectivity index (χ4n) is 1.95. The topological polar surface area (TPSA) is 52.9 Å². The molecule has 0 aliphatic heterocycles. The maximum absolute atomic E-state index is 12.1. The van der Waals surface area contributed by atoms with E-state index in [4.69, 9.17) is 5.26 Å². The Morgan fingerprint density at radius 2 is 1.86 bits per heavy atom. The molecule has 3 heteroatoms. The molecular formula is C18H16N2O. The monoisotopic (exact) mass is 276 g/mol. The molecule has 0 atom stereocenters. The molecule has 0 aliphatic carbocycles. The van der Waals surface area contributed by atoms with Crippen molar-refractivity contribution in [1.82, 2.24) is 0 Å². The van der Waals surface area contributed by atoms with Gasteiger partial charge in [0.2, 0.25) is 0 Å². The van der Waals surface area contributed by atoms with Crippen LogP contribution in [0.1, 0.15) is 27.0 Å². The van der Waals surface area contributed by atoms with Gasteiger partial charge >= 0.3 is 0 Å². The molecule has 21 heavy (non-hydrogen) atoms. The van der Waals surface area contributed by atoms with Gasteiger partial charge in [-0.1, -0.05) is 17.7 Å². The summed E-state index contributed by atoms with van der Waals surface area (Å²) in [6, 6.07) is 14.9. The summed E-state index contributed by atoms with van der Waals surface area (Å²) in [5.41, 5.74) is 4.19. The Bertz CT molecular complexity index is 722. The summed E-state index contributed by atoms with van der Waals surface area (Å²) in [4.78, 5) is 12.1. The summed E-state index contributed by atoms with van der Waals surface area (Å²) < 4.78 is 0. The van der Waals surface area contributed by atoms with Crippen LogP contribution >= 0.6 is 0 Å². The number of nitrogens with one attached hydrogen (secondary N) is 1. The first-order valence-electron chi connectivity index (χ1n) is 6.65. The maximum atomic E-state index is 12.1. The second-order valence-electron chi connectivity index (χ2n) is 4.85. The average molecular weight is 276 g/mol. The van der Waals surface area contributed by atoms with Gasteiger partial charge in [0, 0.05) is 23.5 Å². The quantitative estimate of drug-likeness (QED) is 0.678. The van der Waals surface area contributed by atoms with Gasteiger partial charge in [0.1, 0.15) is 0 Å². The van der Waals surface area contributed by atoms with Crippen molar-refractivity contribution in [1.29, 1.82) is 5.26 Å². The molecule has 0 saturated carbocycles. The second-order valence-corrected chi connectivity index (χ2v) is 4.85. The fourth-order valence-corrected chi connectivity index (χ4v) is 1.95. The Hall–Kier alpha value is -2.86. The van der Waals surface area contributed by atoms with E-state index in [1.54, 1.807) is 30.5 Å². The van der Waals surface area contributed by atoms with Gasteiger partial charge in [0.15, 0.2) is 5.78 Å². The first-order valence-corrected chi connectivity index (χ1v) is 6.65. The number of allylic oxidation sites excluding steroid dienone is 1. The SMILES string of the molecule is Cc1ccc(C)c(C(=O)C=CNc2ccc(C#N)cc2)c1. The Morgan fingerprint density at radius 1 is 1.14 bits per heavy atom. The van der Waals surface area contributed by atoms with E-state index in [2.05, 4.69) is 11.4 Å². The minimum atomic E-state index is -0.0302. The van der Waals surface area contributed by atoms with Gasteiger partial charge in [-0.05, 0) is 49.7 Å². The number of nitrogens with zero attached hydrogens (tertiary/aromatic N) is 1. The Labute approximate surface area is 124 Å². The lowest BCUT2D eigenvalue weighted by atomic mass is 10.0. The lowest BCUT2D eigenvalue weighted by Gasteiger charge is -2.04. The van der Waals surface area contributed by atoms with Crippen molar-refractivity contribution in [2.45, 2.75) is 13.8 Å². The highest BCUT2D eigenvalue weighted by molar-refractivity contribution is 6.05. The molecule has 0 radical (unpaired) electrons. The summed E-state index contributed by atoms with van der Waals surface area (Å²) in [6.07, 6.45) is 3.13. The van der Waals surface area contributed by atoms with Crippen molar-refractivity contribution < 1.29 is 4.79 Å². The van der Waals surface area contributed by atoms with Crippen LogP contribution in [-0.2, 0) is 0 Å². The number of hydrogen-bond donors (Lipinski definition) is 1. The zero-order chi connectivity index (χ0) is 15.2. The van der Waals surface area contributed by atoms with Crippen molar-refractivity contribution in [3.63, 3.8) is 0 Å². The van der Waals surface area contributed by atoms with Crippen LogP contribution < -0.4 is 5.32 Å².